The summed E-state index contributed by atoms with van der Waals surface area (Å²) in [7, 11) is 0. The van der Waals surface area contributed by atoms with E-state index in [1.165, 1.54) is 18.2 Å². The number of hydrogen-bond donors (Lipinski definition) is 2. The van der Waals surface area contributed by atoms with Gasteiger partial charge in [-0.2, -0.15) is 13.2 Å². The van der Waals surface area contributed by atoms with E-state index in [9.17, 15) is 22.4 Å². The number of benzene rings is 3. The van der Waals surface area contributed by atoms with Crippen molar-refractivity contribution in [1.82, 2.24) is 5.32 Å². The highest BCUT2D eigenvalue weighted by Crippen LogP contribution is 2.38. The molecule has 0 fully saturated rings. The Kier molecular flexibility index (Phi) is 6.67. The van der Waals surface area contributed by atoms with Crippen molar-refractivity contribution in [3.63, 3.8) is 0 Å². The Labute approximate surface area is 181 Å². The Bertz CT molecular complexity index is 1130. The van der Waals surface area contributed by atoms with Crippen LogP contribution in [0, 0.1) is 12.7 Å². The van der Waals surface area contributed by atoms with Crippen molar-refractivity contribution in [2.45, 2.75) is 26.2 Å². The Morgan fingerprint density at radius 3 is 2.42 bits per heavy atom. The molecule has 0 radical (unpaired) electrons. The molecule has 3 aromatic rings. The highest BCUT2D eigenvalue weighted by Gasteiger charge is 2.34. The van der Waals surface area contributed by atoms with E-state index < -0.39 is 23.5 Å². The monoisotopic (exact) mass is 450 g/mol. The number of carbonyl (C=O) groups excluding carboxylic acids is 1. The van der Waals surface area contributed by atoms with Crippen LogP contribution in [-0.2, 0) is 19.3 Å². The van der Waals surface area contributed by atoms with Gasteiger partial charge in [-0.1, -0.05) is 29.8 Å². The third kappa shape index (κ3) is 5.42. The van der Waals surface area contributed by atoms with Gasteiger partial charge in [0.15, 0.2) is 0 Å². The first-order chi connectivity index (χ1) is 14.6. The lowest BCUT2D eigenvalue weighted by atomic mass is 9.95. The maximum Gasteiger partial charge on any atom is 0.417 e. The van der Waals surface area contributed by atoms with Crippen LogP contribution < -0.4 is 11.1 Å². The van der Waals surface area contributed by atoms with Crippen LogP contribution in [0.4, 0.5) is 17.6 Å². The van der Waals surface area contributed by atoms with Gasteiger partial charge in [-0.05, 0) is 71.1 Å². The molecule has 0 aliphatic heterocycles. The number of nitrogens with one attached hydrogen (secondary N) is 1. The molecular weight excluding hydrogens is 432 g/mol. The number of carbonyl (C=O) groups is 1. The van der Waals surface area contributed by atoms with Gasteiger partial charge in [0.25, 0.3) is 5.91 Å². The molecule has 3 aromatic carbocycles. The third-order valence-electron chi connectivity index (χ3n) is 4.76. The van der Waals surface area contributed by atoms with E-state index in [0.29, 0.717) is 16.7 Å². The van der Waals surface area contributed by atoms with Gasteiger partial charge in [0.1, 0.15) is 5.82 Å². The van der Waals surface area contributed by atoms with E-state index in [0.717, 1.165) is 23.3 Å². The first-order valence-corrected chi connectivity index (χ1v) is 9.70. The van der Waals surface area contributed by atoms with Crippen LogP contribution in [0.2, 0.25) is 5.02 Å². The van der Waals surface area contributed by atoms with E-state index in [-0.39, 0.29) is 29.8 Å². The number of amides is 1. The fourth-order valence-corrected chi connectivity index (χ4v) is 3.32. The van der Waals surface area contributed by atoms with Crippen molar-refractivity contribution in [3.05, 3.63) is 93.3 Å². The van der Waals surface area contributed by atoms with Gasteiger partial charge < -0.3 is 11.1 Å². The summed E-state index contributed by atoms with van der Waals surface area (Å²) in [5, 5.41) is 3.35. The summed E-state index contributed by atoms with van der Waals surface area (Å²) in [6.45, 7) is 2.07. The van der Waals surface area contributed by atoms with Crippen molar-refractivity contribution in [2.24, 2.45) is 5.73 Å². The second kappa shape index (κ2) is 9.08. The van der Waals surface area contributed by atoms with Crippen molar-refractivity contribution in [3.8, 4) is 11.1 Å². The quantitative estimate of drug-likeness (QED) is 0.478. The van der Waals surface area contributed by atoms with Crippen LogP contribution in [0.25, 0.3) is 11.1 Å². The fourth-order valence-electron chi connectivity index (χ4n) is 3.20. The largest absolute Gasteiger partial charge is 0.417 e. The van der Waals surface area contributed by atoms with E-state index in [1.807, 2.05) is 13.0 Å². The summed E-state index contributed by atoms with van der Waals surface area (Å²) < 4.78 is 53.8. The molecular formula is C23H19ClF4N2O. The van der Waals surface area contributed by atoms with Gasteiger partial charge in [-0.3, -0.25) is 4.79 Å². The van der Waals surface area contributed by atoms with Crippen molar-refractivity contribution >= 4 is 17.5 Å². The molecule has 3 N–H and O–H groups in total. The zero-order valence-corrected chi connectivity index (χ0v) is 17.2. The average Bonchev–Trinajstić information content (AvgIpc) is 2.73. The van der Waals surface area contributed by atoms with Crippen molar-refractivity contribution in [1.29, 1.82) is 0 Å². The SMILES string of the molecule is Cc1cc(CNC(=O)c2cc(CN)cc(-c3ccc(F)cc3C(F)(F)F)c2)ccc1Cl. The van der Waals surface area contributed by atoms with Crippen LogP contribution in [0.3, 0.4) is 0 Å². The molecule has 0 saturated carbocycles. The minimum atomic E-state index is -4.76. The lowest BCUT2D eigenvalue weighted by Gasteiger charge is -2.15. The Morgan fingerprint density at radius 1 is 1.03 bits per heavy atom. The van der Waals surface area contributed by atoms with Gasteiger partial charge in [-0.15, -0.1) is 0 Å². The van der Waals surface area contributed by atoms with Crippen LogP contribution in [0.5, 0.6) is 0 Å². The first-order valence-electron chi connectivity index (χ1n) is 9.33. The number of rotatable bonds is 5. The summed E-state index contributed by atoms with van der Waals surface area (Å²) >= 11 is 6.00. The molecule has 0 aliphatic rings. The average molecular weight is 451 g/mol. The molecule has 3 nitrogen and oxygen atoms in total. The number of hydrogen-bond acceptors (Lipinski definition) is 2. The summed E-state index contributed by atoms with van der Waals surface area (Å²) in [5.74, 6) is -1.47. The topological polar surface area (TPSA) is 55.1 Å². The highest BCUT2D eigenvalue weighted by molar-refractivity contribution is 6.31. The molecule has 0 aromatic heterocycles. The molecule has 31 heavy (non-hydrogen) atoms. The van der Waals surface area contributed by atoms with Gasteiger partial charge in [0, 0.05) is 23.7 Å². The molecule has 0 bridgehead atoms. The Balaban J connectivity index is 1.94. The normalized spacial score (nSPS) is 11.5. The maximum absolute atomic E-state index is 13.5. The van der Waals surface area contributed by atoms with E-state index >= 15 is 0 Å². The molecule has 0 unspecified atom stereocenters. The molecule has 0 atom stereocenters. The Hall–Kier alpha value is -2.90. The molecule has 3 rings (SSSR count). The van der Waals surface area contributed by atoms with Gasteiger partial charge in [0.05, 0.1) is 5.56 Å². The number of halogens is 5. The summed E-state index contributed by atoms with van der Waals surface area (Å²) in [4.78, 5) is 12.7. The minimum Gasteiger partial charge on any atom is -0.348 e. The summed E-state index contributed by atoms with van der Waals surface area (Å²) in [6, 6.07) is 12.1. The second-order valence-corrected chi connectivity index (χ2v) is 7.48. The molecule has 0 saturated heterocycles. The molecule has 162 valence electrons. The van der Waals surface area contributed by atoms with E-state index in [2.05, 4.69) is 5.32 Å². The smallest absolute Gasteiger partial charge is 0.348 e. The van der Waals surface area contributed by atoms with Crippen molar-refractivity contribution in [2.75, 3.05) is 0 Å². The van der Waals surface area contributed by atoms with E-state index in [1.54, 1.807) is 12.1 Å². The zero-order valence-electron chi connectivity index (χ0n) is 16.5. The number of nitrogens with two attached hydrogens (primary N) is 1. The molecule has 0 aliphatic carbocycles. The van der Waals surface area contributed by atoms with Crippen LogP contribution >= 0.6 is 11.6 Å². The van der Waals surface area contributed by atoms with Crippen LogP contribution in [0.1, 0.15) is 32.6 Å². The standard InChI is InChI=1S/C23H19ClF4N2O/c1-13-6-14(2-5-21(13)24)12-30-22(31)17-8-15(11-29)7-16(9-17)19-4-3-18(25)10-20(19)23(26,27)28/h2-10H,11-12,29H2,1H3,(H,30,31). The first kappa shape index (κ1) is 22.8. The van der Waals surface area contributed by atoms with Gasteiger partial charge in [0.2, 0.25) is 0 Å². The number of aryl methyl sites for hydroxylation is 1. The van der Waals surface area contributed by atoms with Crippen molar-refractivity contribution < 1.29 is 22.4 Å². The van der Waals surface area contributed by atoms with Crippen LogP contribution in [0.15, 0.2) is 54.6 Å². The predicted octanol–water partition coefficient (Wildman–Crippen LogP) is 5.86. The lowest BCUT2D eigenvalue weighted by molar-refractivity contribution is -0.137. The molecule has 0 spiro atoms. The molecule has 8 heteroatoms. The second-order valence-electron chi connectivity index (χ2n) is 7.08. The molecule has 0 heterocycles. The number of alkyl halides is 3. The summed E-state index contributed by atoms with van der Waals surface area (Å²) in [5.41, 5.74) is 6.77. The fraction of sp³-hybridized carbons (Fsp3) is 0.174. The van der Waals surface area contributed by atoms with Gasteiger partial charge >= 0.3 is 6.18 Å². The molecule has 1 amide bonds. The Morgan fingerprint density at radius 2 is 1.77 bits per heavy atom. The lowest BCUT2D eigenvalue weighted by Crippen LogP contribution is -2.23. The third-order valence-corrected chi connectivity index (χ3v) is 5.19. The maximum atomic E-state index is 13.5. The zero-order chi connectivity index (χ0) is 22.8. The highest BCUT2D eigenvalue weighted by atomic mass is 35.5. The van der Waals surface area contributed by atoms with Crippen LogP contribution in [-0.4, -0.2) is 5.91 Å². The minimum absolute atomic E-state index is 0.0209. The summed E-state index contributed by atoms with van der Waals surface area (Å²) in [6.07, 6.45) is -4.76. The van der Waals surface area contributed by atoms with E-state index in [4.69, 9.17) is 17.3 Å². The predicted molar refractivity (Wildman–Crippen MR) is 112 cm³/mol. The van der Waals surface area contributed by atoms with Gasteiger partial charge in [-0.25, -0.2) is 4.39 Å².